The molecule has 2 N–H and O–H groups in total. The molecule has 1 amide bonds. The maximum atomic E-state index is 12.3. The number of carbonyl (C=O) groups is 1. The van der Waals surface area contributed by atoms with E-state index in [1.165, 1.54) is 19.3 Å². The minimum atomic E-state index is 0.224. The predicted octanol–water partition coefficient (Wildman–Crippen LogP) is 2.58. The van der Waals surface area contributed by atoms with Crippen molar-refractivity contribution in [2.45, 2.75) is 52.4 Å². The summed E-state index contributed by atoms with van der Waals surface area (Å²) in [5.41, 5.74) is 0. The molecule has 0 aromatic rings. The molecule has 0 aromatic carbocycles. The lowest BCUT2D eigenvalue weighted by atomic mass is 9.88. The van der Waals surface area contributed by atoms with Gasteiger partial charge in [-0.15, -0.1) is 0 Å². The summed E-state index contributed by atoms with van der Waals surface area (Å²) in [6.07, 6.45) is 6.88. The molecule has 0 aliphatic heterocycles. The van der Waals surface area contributed by atoms with Gasteiger partial charge in [-0.25, -0.2) is 0 Å². The molecule has 0 aromatic heterocycles. The molecule has 4 atom stereocenters. The van der Waals surface area contributed by atoms with Crippen LogP contribution >= 0.6 is 0 Å². The summed E-state index contributed by atoms with van der Waals surface area (Å²) in [6, 6.07) is 0. The number of rotatable bonds is 7. The molecule has 19 heavy (non-hydrogen) atoms. The quantitative estimate of drug-likeness (QED) is 0.745. The molecule has 2 aliphatic carbocycles. The molecule has 4 unspecified atom stereocenters. The highest BCUT2D eigenvalue weighted by atomic mass is 16.3. The van der Waals surface area contributed by atoms with E-state index < -0.39 is 0 Å². The van der Waals surface area contributed by atoms with Gasteiger partial charge in [0.15, 0.2) is 0 Å². The van der Waals surface area contributed by atoms with Crippen LogP contribution in [0.15, 0.2) is 0 Å². The zero-order valence-electron chi connectivity index (χ0n) is 12.4. The standard InChI is InChI=1S/C16H29NO2/c1-11(2)7-13(5-6-18)10-17-16(19)15-9-12-3-4-14(15)8-12/h11-15,18H,3-10H2,1-2H3,(H,17,19). The number of hydrogen-bond donors (Lipinski definition) is 2. The Morgan fingerprint density at radius 3 is 2.63 bits per heavy atom. The van der Waals surface area contributed by atoms with Crippen molar-refractivity contribution in [1.82, 2.24) is 5.32 Å². The Hall–Kier alpha value is -0.570. The molecule has 0 saturated heterocycles. The lowest BCUT2D eigenvalue weighted by molar-refractivity contribution is -0.126. The Balaban J connectivity index is 1.75. The van der Waals surface area contributed by atoms with E-state index in [0.717, 1.165) is 31.7 Å². The van der Waals surface area contributed by atoms with E-state index in [9.17, 15) is 4.79 Å². The molecule has 2 bridgehead atoms. The van der Waals surface area contributed by atoms with Gasteiger partial charge in [-0.1, -0.05) is 20.3 Å². The van der Waals surface area contributed by atoms with E-state index in [0.29, 0.717) is 17.8 Å². The van der Waals surface area contributed by atoms with Crippen molar-refractivity contribution in [3.05, 3.63) is 0 Å². The second kappa shape index (κ2) is 6.74. The number of fused-ring (bicyclic) bond motifs is 2. The van der Waals surface area contributed by atoms with E-state index >= 15 is 0 Å². The predicted molar refractivity (Wildman–Crippen MR) is 76.6 cm³/mol. The third kappa shape index (κ3) is 3.95. The highest BCUT2D eigenvalue weighted by Gasteiger charge is 2.42. The molecule has 3 nitrogen and oxygen atoms in total. The molecule has 2 aliphatic rings. The summed E-state index contributed by atoms with van der Waals surface area (Å²) in [5.74, 6) is 3.09. The lowest BCUT2D eigenvalue weighted by Crippen LogP contribution is -2.37. The molecule has 0 radical (unpaired) electrons. The van der Waals surface area contributed by atoms with E-state index in [-0.39, 0.29) is 18.4 Å². The van der Waals surface area contributed by atoms with Crippen LogP contribution in [0.3, 0.4) is 0 Å². The van der Waals surface area contributed by atoms with Gasteiger partial charge in [0.25, 0.3) is 0 Å². The van der Waals surface area contributed by atoms with Crippen molar-refractivity contribution in [1.29, 1.82) is 0 Å². The average Bonchev–Trinajstić information content (AvgIpc) is 2.97. The fourth-order valence-electron chi connectivity index (χ4n) is 4.09. The molecule has 0 heterocycles. The molecular weight excluding hydrogens is 238 g/mol. The molecule has 2 rings (SSSR count). The number of aliphatic hydroxyl groups excluding tert-OH is 1. The number of aliphatic hydroxyl groups is 1. The van der Waals surface area contributed by atoms with Gasteiger partial charge >= 0.3 is 0 Å². The molecule has 110 valence electrons. The zero-order chi connectivity index (χ0) is 13.8. The summed E-state index contributed by atoms with van der Waals surface area (Å²) in [4.78, 5) is 12.3. The number of hydrogen-bond acceptors (Lipinski definition) is 2. The van der Waals surface area contributed by atoms with Crippen molar-refractivity contribution >= 4 is 5.91 Å². The minimum absolute atomic E-state index is 0.224. The van der Waals surface area contributed by atoms with Crippen LogP contribution < -0.4 is 5.32 Å². The van der Waals surface area contributed by atoms with Crippen LogP contribution in [-0.2, 0) is 4.79 Å². The van der Waals surface area contributed by atoms with Crippen LogP contribution in [0.2, 0.25) is 0 Å². The summed E-state index contributed by atoms with van der Waals surface area (Å²) in [5, 5.41) is 12.2. The third-order valence-corrected chi connectivity index (χ3v) is 4.98. The monoisotopic (exact) mass is 267 g/mol. The van der Waals surface area contributed by atoms with Gasteiger partial charge in [0, 0.05) is 19.1 Å². The largest absolute Gasteiger partial charge is 0.396 e. The van der Waals surface area contributed by atoms with E-state index in [4.69, 9.17) is 5.11 Å². The molecule has 0 spiro atoms. The minimum Gasteiger partial charge on any atom is -0.396 e. The first kappa shape index (κ1) is 14.8. The fourth-order valence-corrected chi connectivity index (χ4v) is 4.09. The number of carbonyl (C=O) groups excluding carboxylic acids is 1. The average molecular weight is 267 g/mol. The smallest absolute Gasteiger partial charge is 0.223 e. The van der Waals surface area contributed by atoms with Gasteiger partial charge in [-0.3, -0.25) is 4.79 Å². The van der Waals surface area contributed by atoms with E-state index in [1.807, 2.05) is 0 Å². The maximum absolute atomic E-state index is 12.3. The Morgan fingerprint density at radius 1 is 1.32 bits per heavy atom. The number of nitrogens with one attached hydrogen (secondary N) is 1. The van der Waals surface area contributed by atoms with Gasteiger partial charge in [-0.2, -0.15) is 0 Å². The van der Waals surface area contributed by atoms with Gasteiger partial charge in [0.2, 0.25) is 5.91 Å². The van der Waals surface area contributed by atoms with Crippen LogP contribution in [0.25, 0.3) is 0 Å². The van der Waals surface area contributed by atoms with E-state index in [2.05, 4.69) is 19.2 Å². The Bertz CT molecular complexity index is 303. The summed E-state index contributed by atoms with van der Waals surface area (Å²) >= 11 is 0. The van der Waals surface area contributed by atoms with Gasteiger partial charge in [0.1, 0.15) is 0 Å². The number of amides is 1. The summed E-state index contributed by atoms with van der Waals surface area (Å²) < 4.78 is 0. The highest BCUT2D eigenvalue weighted by molar-refractivity contribution is 5.79. The summed E-state index contributed by atoms with van der Waals surface area (Å²) in [7, 11) is 0. The Kier molecular flexibility index (Phi) is 5.26. The van der Waals surface area contributed by atoms with Crippen LogP contribution in [-0.4, -0.2) is 24.2 Å². The Morgan fingerprint density at radius 2 is 2.11 bits per heavy atom. The van der Waals surface area contributed by atoms with Crippen molar-refractivity contribution in [3.63, 3.8) is 0 Å². The molecule has 3 heteroatoms. The molecule has 2 saturated carbocycles. The van der Waals surface area contributed by atoms with Gasteiger partial charge in [0.05, 0.1) is 0 Å². The van der Waals surface area contributed by atoms with Crippen LogP contribution in [0.1, 0.15) is 52.4 Å². The molecular formula is C16H29NO2. The molecule has 2 fully saturated rings. The second-order valence-electron chi connectivity index (χ2n) is 7.03. The first-order valence-electron chi connectivity index (χ1n) is 7.98. The van der Waals surface area contributed by atoms with E-state index in [1.54, 1.807) is 0 Å². The SMILES string of the molecule is CC(C)CC(CCO)CNC(=O)C1CC2CCC1C2. The fraction of sp³-hybridized carbons (Fsp3) is 0.938. The topological polar surface area (TPSA) is 49.3 Å². The normalized spacial score (nSPS) is 30.8. The van der Waals surface area contributed by atoms with Crippen LogP contribution in [0, 0.1) is 29.6 Å². The van der Waals surface area contributed by atoms with Gasteiger partial charge in [-0.05, 0) is 55.8 Å². The zero-order valence-corrected chi connectivity index (χ0v) is 12.4. The summed E-state index contributed by atoms with van der Waals surface area (Å²) in [6.45, 7) is 5.36. The van der Waals surface area contributed by atoms with Crippen molar-refractivity contribution < 1.29 is 9.90 Å². The third-order valence-electron chi connectivity index (χ3n) is 4.98. The lowest BCUT2D eigenvalue weighted by Gasteiger charge is -2.23. The Labute approximate surface area is 117 Å². The first-order chi connectivity index (χ1) is 9.10. The van der Waals surface area contributed by atoms with Crippen LogP contribution in [0.5, 0.6) is 0 Å². The highest BCUT2D eigenvalue weighted by Crippen LogP contribution is 2.48. The van der Waals surface area contributed by atoms with Crippen molar-refractivity contribution in [3.8, 4) is 0 Å². The van der Waals surface area contributed by atoms with Gasteiger partial charge < -0.3 is 10.4 Å². The van der Waals surface area contributed by atoms with Crippen LogP contribution in [0.4, 0.5) is 0 Å². The second-order valence-corrected chi connectivity index (χ2v) is 7.03. The first-order valence-corrected chi connectivity index (χ1v) is 7.98. The van der Waals surface area contributed by atoms with Crippen molar-refractivity contribution in [2.75, 3.05) is 13.2 Å². The van der Waals surface area contributed by atoms with Crippen molar-refractivity contribution in [2.24, 2.45) is 29.6 Å². The maximum Gasteiger partial charge on any atom is 0.223 e.